The largest absolute Gasteiger partial charge is 0.379 e. The molecule has 1 aromatic heterocycles. The molecule has 0 aliphatic rings. The molecule has 0 unspecified atom stereocenters. The van der Waals surface area contributed by atoms with Crippen molar-refractivity contribution in [3.05, 3.63) is 62.4 Å². The van der Waals surface area contributed by atoms with Crippen LogP contribution in [-0.4, -0.2) is 9.91 Å². The molecule has 0 radical (unpaired) electrons. The third kappa shape index (κ3) is 3.29. The fourth-order valence-corrected chi connectivity index (χ4v) is 2.07. The number of hydrogen-bond acceptors (Lipinski definition) is 4. The number of nitro benzene ring substituents is 1. The maximum atomic E-state index is 11.0. The van der Waals surface area contributed by atoms with Crippen LogP contribution in [0.25, 0.3) is 0 Å². The van der Waals surface area contributed by atoms with Crippen LogP contribution in [0, 0.1) is 17.0 Å². The molecule has 0 aliphatic heterocycles. The third-order valence-electron chi connectivity index (χ3n) is 2.72. The van der Waals surface area contributed by atoms with Gasteiger partial charge in [-0.2, -0.15) is 0 Å². The van der Waals surface area contributed by atoms with E-state index in [4.69, 9.17) is 0 Å². The molecule has 2 aromatic rings. The molecule has 1 aromatic carbocycles. The second kappa shape index (κ2) is 5.79. The standard InChI is InChI=1S/C13H12BrN3O2/c1-9-12(3-2-6-15-9)16-8-10-4-5-11(14)7-13(10)17(18)19/h2-7,16H,8H2,1H3. The molecule has 0 fully saturated rings. The highest BCUT2D eigenvalue weighted by molar-refractivity contribution is 9.10. The van der Waals surface area contributed by atoms with E-state index >= 15 is 0 Å². The van der Waals surface area contributed by atoms with Crippen molar-refractivity contribution in [1.29, 1.82) is 0 Å². The molecule has 5 nitrogen and oxygen atoms in total. The molecule has 0 saturated carbocycles. The smallest absolute Gasteiger partial charge is 0.275 e. The van der Waals surface area contributed by atoms with Crippen LogP contribution in [0.4, 0.5) is 11.4 Å². The molecular weight excluding hydrogens is 310 g/mol. The van der Waals surface area contributed by atoms with E-state index < -0.39 is 0 Å². The van der Waals surface area contributed by atoms with Crippen molar-refractivity contribution in [3.63, 3.8) is 0 Å². The first-order valence-corrected chi connectivity index (χ1v) is 6.45. The Morgan fingerprint density at radius 3 is 2.89 bits per heavy atom. The summed E-state index contributed by atoms with van der Waals surface area (Å²) in [5.74, 6) is 0. The number of nitrogens with zero attached hydrogens (tertiary/aromatic N) is 2. The van der Waals surface area contributed by atoms with Gasteiger partial charge >= 0.3 is 0 Å². The van der Waals surface area contributed by atoms with Crippen LogP contribution in [0.2, 0.25) is 0 Å². The average molecular weight is 322 g/mol. The van der Waals surface area contributed by atoms with Gasteiger partial charge < -0.3 is 5.32 Å². The number of pyridine rings is 1. The van der Waals surface area contributed by atoms with Gasteiger partial charge in [0.05, 0.1) is 16.3 Å². The molecule has 0 atom stereocenters. The summed E-state index contributed by atoms with van der Waals surface area (Å²) in [6.45, 7) is 2.27. The average Bonchev–Trinajstić information content (AvgIpc) is 2.38. The van der Waals surface area contributed by atoms with Gasteiger partial charge in [0.25, 0.3) is 5.69 Å². The molecule has 0 aliphatic carbocycles. The Morgan fingerprint density at radius 2 is 2.21 bits per heavy atom. The van der Waals surface area contributed by atoms with E-state index in [1.54, 1.807) is 18.3 Å². The van der Waals surface area contributed by atoms with Crippen LogP contribution in [0.3, 0.4) is 0 Å². The van der Waals surface area contributed by atoms with Crippen molar-refractivity contribution < 1.29 is 4.92 Å². The number of nitrogens with one attached hydrogen (secondary N) is 1. The van der Waals surface area contributed by atoms with Gasteiger partial charge in [-0.1, -0.05) is 15.9 Å². The van der Waals surface area contributed by atoms with Crippen molar-refractivity contribution in [3.8, 4) is 0 Å². The second-order valence-electron chi connectivity index (χ2n) is 4.02. The Labute approximate surface area is 119 Å². The molecule has 0 bridgehead atoms. The van der Waals surface area contributed by atoms with Crippen molar-refractivity contribution in [2.45, 2.75) is 13.5 Å². The first-order valence-electron chi connectivity index (χ1n) is 5.66. The van der Waals surface area contributed by atoms with Gasteiger partial charge in [-0.25, -0.2) is 0 Å². The quantitative estimate of drug-likeness (QED) is 0.689. The summed E-state index contributed by atoms with van der Waals surface area (Å²) in [4.78, 5) is 14.8. The molecule has 98 valence electrons. The summed E-state index contributed by atoms with van der Waals surface area (Å²) < 4.78 is 0.695. The molecule has 1 heterocycles. The molecule has 1 N–H and O–H groups in total. The lowest BCUT2D eigenvalue weighted by molar-refractivity contribution is -0.385. The maximum Gasteiger partial charge on any atom is 0.275 e. The number of benzene rings is 1. The second-order valence-corrected chi connectivity index (χ2v) is 4.94. The van der Waals surface area contributed by atoms with Crippen LogP contribution in [-0.2, 0) is 6.54 Å². The Kier molecular flexibility index (Phi) is 4.11. The monoisotopic (exact) mass is 321 g/mol. The lowest BCUT2D eigenvalue weighted by atomic mass is 10.1. The minimum Gasteiger partial charge on any atom is -0.379 e. The zero-order valence-corrected chi connectivity index (χ0v) is 11.8. The van der Waals surface area contributed by atoms with Crippen LogP contribution in [0.5, 0.6) is 0 Å². The van der Waals surface area contributed by atoms with E-state index in [0.29, 0.717) is 16.6 Å². The Balaban J connectivity index is 2.20. The van der Waals surface area contributed by atoms with E-state index in [1.807, 2.05) is 19.1 Å². The van der Waals surface area contributed by atoms with Crippen molar-refractivity contribution in [2.75, 3.05) is 5.32 Å². The predicted octanol–water partition coefficient (Wildman–Crippen LogP) is 3.67. The normalized spacial score (nSPS) is 10.2. The predicted molar refractivity (Wildman–Crippen MR) is 77.1 cm³/mol. The van der Waals surface area contributed by atoms with Crippen LogP contribution in [0.15, 0.2) is 41.0 Å². The maximum absolute atomic E-state index is 11.0. The van der Waals surface area contributed by atoms with Crippen molar-refractivity contribution >= 4 is 27.3 Å². The first-order chi connectivity index (χ1) is 9.08. The summed E-state index contributed by atoms with van der Waals surface area (Å²) in [6.07, 6.45) is 1.71. The Hall–Kier alpha value is -1.95. The van der Waals surface area contributed by atoms with Gasteiger partial charge in [0.1, 0.15) is 0 Å². The fraction of sp³-hybridized carbons (Fsp3) is 0.154. The van der Waals surface area contributed by atoms with Gasteiger partial charge in [-0.3, -0.25) is 15.1 Å². The van der Waals surface area contributed by atoms with E-state index in [9.17, 15) is 10.1 Å². The zero-order valence-electron chi connectivity index (χ0n) is 10.3. The number of aryl methyl sites for hydroxylation is 1. The third-order valence-corrected chi connectivity index (χ3v) is 3.21. The number of anilines is 1. The van der Waals surface area contributed by atoms with Gasteiger partial charge in [-0.15, -0.1) is 0 Å². The minimum atomic E-state index is -0.377. The summed E-state index contributed by atoms with van der Waals surface area (Å²) in [6, 6.07) is 8.76. The summed E-state index contributed by atoms with van der Waals surface area (Å²) in [5, 5.41) is 14.2. The number of hydrogen-bond donors (Lipinski definition) is 1. The van der Waals surface area contributed by atoms with Gasteiger partial charge in [0.2, 0.25) is 0 Å². The van der Waals surface area contributed by atoms with E-state index in [1.165, 1.54) is 6.07 Å². The minimum absolute atomic E-state index is 0.100. The Morgan fingerprint density at radius 1 is 1.42 bits per heavy atom. The van der Waals surface area contributed by atoms with Gasteiger partial charge in [-0.05, 0) is 31.2 Å². The van der Waals surface area contributed by atoms with Crippen LogP contribution >= 0.6 is 15.9 Å². The molecule has 19 heavy (non-hydrogen) atoms. The molecule has 2 rings (SSSR count). The lowest BCUT2D eigenvalue weighted by Crippen LogP contribution is -2.04. The van der Waals surface area contributed by atoms with Gasteiger partial charge in [0.15, 0.2) is 0 Å². The van der Waals surface area contributed by atoms with E-state index in [0.717, 1.165) is 11.4 Å². The lowest BCUT2D eigenvalue weighted by Gasteiger charge is -2.09. The molecule has 0 spiro atoms. The highest BCUT2D eigenvalue weighted by Gasteiger charge is 2.13. The topological polar surface area (TPSA) is 68.1 Å². The summed E-state index contributed by atoms with van der Waals surface area (Å²) in [7, 11) is 0. The van der Waals surface area contributed by atoms with Crippen LogP contribution < -0.4 is 5.32 Å². The highest BCUT2D eigenvalue weighted by atomic mass is 79.9. The van der Waals surface area contributed by atoms with Crippen molar-refractivity contribution in [1.82, 2.24) is 4.98 Å². The number of aromatic nitrogens is 1. The number of halogens is 1. The van der Waals surface area contributed by atoms with Crippen molar-refractivity contribution in [2.24, 2.45) is 0 Å². The molecule has 0 saturated heterocycles. The molecule has 6 heteroatoms. The van der Waals surface area contributed by atoms with E-state index in [2.05, 4.69) is 26.2 Å². The summed E-state index contributed by atoms with van der Waals surface area (Å²) in [5.41, 5.74) is 2.47. The number of nitro groups is 1. The Bertz CT molecular complexity index is 617. The molecular formula is C13H12BrN3O2. The SMILES string of the molecule is Cc1ncccc1NCc1ccc(Br)cc1[N+](=O)[O-]. The first kappa shape index (κ1) is 13.5. The highest BCUT2D eigenvalue weighted by Crippen LogP contribution is 2.24. The number of rotatable bonds is 4. The zero-order chi connectivity index (χ0) is 13.8. The van der Waals surface area contributed by atoms with E-state index in [-0.39, 0.29) is 10.6 Å². The molecule has 0 amide bonds. The summed E-state index contributed by atoms with van der Waals surface area (Å²) >= 11 is 3.24. The fourth-order valence-electron chi connectivity index (χ4n) is 1.72. The van der Waals surface area contributed by atoms with Crippen LogP contribution in [0.1, 0.15) is 11.3 Å². The van der Waals surface area contributed by atoms with Gasteiger partial charge in [0, 0.05) is 28.8 Å².